The topological polar surface area (TPSA) is 82.5 Å². The maximum absolute atomic E-state index is 13.4. The number of halogens is 3. The minimum Gasteiger partial charge on any atom is -0.415 e. The molecule has 0 atom stereocenters. The van der Waals surface area contributed by atoms with E-state index in [0.717, 1.165) is 0 Å². The Morgan fingerprint density at radius 3 is 2.74 bits per heavy atom. The molecule has 0 bridgehead atoms. The van der Waals surface area contributed by atoms with E-state index in [1.807, 2.05) is 0 Å². The van der Waals surface area contributed by atoms with E-state index >= 15 is 0 Å². The Bertz CT molecular complexity index is 1080. The molecule has 4 aromatic rings. The van der Waals surface area contributed by atoms with E-state index in [4.69, 9.17) is 4.42 Å². The van der Waals surface area contributed by atoms with E-state index < -0.39 is 12.3 Å². The second-order valence-electron chi connectivity index (χ2n) is 5.55. The molecule has 136 valence electrons. The van der Waals surface area contributed by atoms with Crippen molar-refractivity contribution < 1.29 is 17.6 Å². The van der Waals surface area contributed by atoms with Crippen LogP contribution < -0.4 is 0 Å². The molecule has 0 N–H and O–H groups in total. The van der Waals surface area contributed by atoms with Gasteiger partial charge in [-0.15, -0.1) is 10.2 Å². The first-order chi connectivity index (χ1) is 13.1. The number of pyridine rings is 1. The van der Waals surface area contributed by atoms with Gasteiger partial charge in [-0.3, -0.25) is 4.98 Å². The van der Waals surface area contributed by atoms with Gasteiger partial charge in [0, 0.05) is 11.8 Å². The fourth-order valence-corrected chi connectivity index (χ4v) is 2.51. The van der Waals surface area contributed by atoms with Crippen LogP contribution in [0.3, 0.4) is 0 Å². The van der Waals surface area contributed by atoms with Gasteiger partial charge in [0.25, 0.3) is 5.89 Å². The van der Waals surface area contributed by atoms with Crippen molar-refractivity contribution in [2.24, 2.45) is 0 Å². The molecule has 3 aromatic heterocycles. The first-order valence-electron chi connectivity index (χ1n) is 7.81. The van der Waals surface area contributed by atoms with E-state index in [0.29, 0.717) is 22.6 Å². The number of rotatable bonds is 5. The van der Waals surface area contributed by atoms with Gasteiger partial charge in [0.15, 0.2) is 5.82 Å². The molecule has 0 amide bonds. The van der Waals surface area contributed by atoms with Crippen molar-refractivity contribution in [1.82, 2.24) is 29.9 Å². The molecule has 7 nitrogen and oxygen atoms in total. The van der Waals surface area contributed by atoms with Crippen LogP contribution in [0.4, 0.5) is 13.2 Å². The summed E-state index contributed by atoms with van der Waals surface area (Å²) in [5.74, 6) is -0.724. The number of alkyl halides is 2. The Hall–Kier alpha value is -3.56. The standard InChI is InChI=1S/C17H11F3N6O/c18-12-3-1-2-10(6-12)8-26-15(22-9-23-26)13-7-11(4-5-21-13)16-24-25-17(27-16)14(19)20/h1-7,9,14H,8H2. The monoisotopic (exact) mass is 372 g/mol. The highest BCUT2D eigenvalue weighted by Gasteiger charge is 2.18. The van der Waals surface area contributed by atoms with Crippen molar-refractivity contribution in [3.63, 3.8) is 0 Å². The van der Waals surface area contributed by atoms with Crippen molar-refractivity contribution >= 4 is 0 Å². The van der Waals surface area contributed by atoms with Crippen molar-refractivity contribution in [2.45, 2.75) is 13.0 Å². The largest absolute Gasteiger partial charge is 0.415 e. The SMILES string of the molecule is Fc1cccc(Cn2ncnc2-c2cc(-c3nnc(C(F)F)o3)ccn2)c1. The second-order valence-corrected chi connectivity index (χ2v) is 5.55. The van der Waals surface area contributed by atoms with E-state index in [9.17, 15) is 13.2 Å². The summed E-state index contributed by atoms with van der Waals surface area (Å²) in [5.41, 5.74) is 1.55. The van der Waals surface area contributed by atoms with Crippen LogP contribution in [0.25, 0.3) is 23.0 Å². The Kier molecular flexibility index (Phi) is 4.37. The fourth-order valence-electron chi connectivity index (χ4n) is 2.51. The molecular weight excluding hydrogens is 361 g/mol. The average molecular weight is 372 g/mol. The Morgan fingerprint density at radius 2 is 1.96 bits per heavy atom. The molecule has 0 aliphatic heterocycles. The Labute approximate surface area is 150 Å². The van der Waals surface area contributed by atoms with E-state index in [1.54, 1.807) is 28.9 Å². The molecule has 27 heavy (non-hydrogen) atoms. The predicted octanol–water partition coefficient (Wildman–Crippen LogP) is 3.52. The van der Waals surface area contributed by atoms with Gasteiger partial charge < -0.3 is 4.42 Å². The van der Waals surface area contributed by atoms with Crippen LogP contribution in [0.5, 0.6) is 0 Å². The highest BCUT2D eigenvalue weighted by molar-refractivity contribution is 5.61. The third-order valence-electron chi connectivity index (χ3n) is 3.70. The second kappa shape index (κ2) is 6.98. The molecule has 0 saturated carbocycles. The van der Waals surface area contributed by atoms with E-state index in [2.05, 4.69) is 25.3 Å². The maximum Gasteiger partial charge on any atom is 0.314 e. The fraction of sp³-hybridized carbons (Fsp3) is 0.118. The predicted molar refractivity (Wildman–Crippen MR) is 87.0 cm³/mol. The number of aromatic nitrogens is 6. The van der Waals surface area contributed by atoms with Crippen LogP contribution in [-0.2, 0) is 6.54 Å². The molecule has 3 heterocycles. The number of nitrogens with zero attached hydrogens (tertiary/aromatic N) is 6. The molecule has 0 fully saturated rings. The lowest BCUT2D eigenvalue weighted by Gasteiger charge is -2.06. The molecule has 0 aliphatic carbocycles. The molecule has 0 aliphatic rings. The van der Waals surface area contributed by atoms with Crippen LogP contribution in [0, 0.1) is 5.82 Å². The van der Waals surface area contributed by atoms with Crippen LogP contribution in [0.2, 0.25) is 0 Å². The first-order valence-corrected chi connectivity index (χ1v) is 7.81. The van der Waals surface area contributed by atoms with Gasteiger partial charge in [0.2, 0.25) is 5.89 Å². The summed E-state index contributed by atoms with van der Waals surface area (Å²) in [6.07, 6.45) is -0.0233. The zero-order valence-electron chi connectivity index (χ0n) is 13.6. The lowest BCUT2D eigenvalue weighted by atomic mass is 10.2. The molecule has 0 radical (unpaired) electrons. The van der Waals surface area contributed by atoms with Gasteiger partial charge >= 0.3 is 6.43 Å². The lowest BCUT2D eigenvalue weighted by Crippen LogP contribution is -2.05. The first kappa shape index (κ1) is 16.9. The summed E-state index contributed by atoms with van der Waals surface area (Å²) in [7, 11) is 0. The molecule has 4 rings (SSSR count). The third-order valence-corrected chi connectivity index (χ3v) is 3.70. The quantitative estimate of drug-likeness (QED) is 0.533. The van der Waals surface area contributed by atoms with Gasteiger partial charge in [-0.05, 0) is 29.8 Å². The summed E-state index contributed by atoms with van der Waals surface area (Å²) < 4.78 is 45.2. The Balaban J connectivity index is 1.66. The summed E-state index contributed by atoms with van der Waals surface area (Å²) in [6.45, 7) is 0.287. The summed E-state index contributed by atoms with van der Waals surface area (Å²) in [5, 5.41) is 11.1. The van der Waals surface area contributed by atoms with Gasteiger partial charge in [-0.1, -0.05) is 12.1 Å². The molecule has 1 aromatic carbocycles. The molecular formula is C17H11F3N6O. The van der Waals surface area contributed by atoms with Gasteiger partial charge in [-0.2, -0.15) is 13.9 Å². The molecule has 0 spiro atoms. The van der Waals surface area contributed by atoms with Crippen LogP contribution in [0.1, 0.15) is 17.9 Å². The zero-order chi connectivity index (χ0) is 18.8. The van der Waals surface area contributed by atoms with Crippen LogP contribution >= 0.6 is 0 Å². The van der Waals surface area contributed by atoms with Crippen molar-refractivity contribution in [2.75, 3.05) is 0 Å². The number of hydrogen-bond acceptors (Lipinski definition) is 6. The summed E-state index contributed by atoms with van der Waals surface area (Å²) >= 11 is 0. The zero-order valence-corrected chi connectivity index (χ0v) is 13.6. The normalized spacial score (nSPS) is 11.3. The van der Waals surface area contributed by atoms with Crippen molar-refractivity contribution in [3.8, 4) is 23.0 Å². The van der Waals surface area contributed by atoms with Gasteiger partial charge in [0.1, 0.15) is 17.8 Å². The van der Waals surface area contributed by atoms with Gasteiger partial charge in [-0.25, -0.2) is 14.1 Å². The lowest BCUT2D eigenvalue weighted by molar-refractivity contribution is 0.116. The third kappa shape index (κ3) is 3.54. The molecule has 10 heteroatoms. The number of benzene rings is 1. The van der Waals surface area contributed by atoms with Gasteiger partial charge in [0.05, 0.1) is 6.54 Å². The van der Waals surface area contributed by atoms with Crippen LogP contribution in [0.15, 0.2) is 53.3 Å². The molecule has 0 saturated heterocycles. The van der Waals surface area contributed by atoms with E-state index in [1.165, 1.54) is 24.7 Å². The summed E-state index contributed by atoms with van der Waals surface area (Å²) in [4.78, 5) is 8.42. The maximum atomic E-state index is 13.4. The smallest absolute Gasteiger partial charge is 0.314 e. The summed E-state index contributed by atoms with van der Waals surface area (Å²) in [6, 6.07) is 9.27. The minimum atomic E-state index is -2.85. The van der Waals surface area contributed by atoms with E-state index in [-0.39, 0.29) is 18.3 Å². The highest BCUT2D eigenvalue weighted by Crippen LogP contribution is 2.25. The average Bonchev–Trinajstić information content (AvgIpc) is 3.31. The molecule has 0 unspecified atom stereocenters. The van der Waals surface area contributed by atoms with Crippen molar-refractivity contribution in [3.05, 3.63) is 66.2 Å². The van der Waals surface area contributed by atoms with Crippen LogP contribution in [-0.4, -0.2) is 29.9 Å². The van der Waals surface area contributed by atoms with Crippen molar-refractivity contribution in [1.29, 1.82) is 0 Å². The Morgan fingerprint density at radius 1 is 1.07 bits per heavy atom. The minimum absolute atomic E-state index is 0.0508. The highest BCUT2D eigenvalue weighted by atomic mass is 19.3. The number of hydrogen-bond donors (Lipinski definition) is 0.